The van der Waals surface area contributed by atoms with Crippen LogP contribution in [0.15, 0.2) is 28.8 Å². The van der Waals surface area contributed by atoms with E-state index in [1.54, 1.807) is 0 Å². The van der Waals surface area contributed by atoms with Crippen molar-refractivity contribution < 1.29 is 4.52 Å². The average Bonchev–Trinajstić information content (AvgIpc) is 2.73. The van der Waals surface area contributed by atoms with E-state index in [0.29, 0.717) is 11.7 Å². The van der Waals surface area contributed by atoms with Crippen LogP contribution < -0.4 is 5.32 Å². The van der Waals surface area contributed by atoms with Gasteiger partial charge in [0.15, 0.2) is 5.82 Å². The average molecular weight is 217 g/mol. The van der Waals surface area contributed by atoms with Gasteiger partial charge in [-0.2, -0.15) is 4.98 Å². The lowest BCUT2D eigenvalue weighted by Gasteiger charge is -2.04. The van der Waals surface area contributed by atoms with Gasteiger partial charge in [-0.1, -0.05) is 23.4 Å². The Hall–Kier alpha value is -1.68. The van der Waals surface area contributed by atoms with E-state index < -0.39 is 0 Å². The van der Waals surface area contributed by atoms with Gasteiger partial charge in [0.2, 0.25) is 0 Å². The van der Waals surface area contributed by atoms with Gasteiger partial charge in [-0.3, -0.25) is 0 Å². The molecule has 0 spiro atoms. The molecule has 16 heavy (non-hydrogen) atoms. The molecular weight excluding hydrogens is 202 g/mol. The van der Waals surface area contributed by atoms with E-state index >= 15 is 0 Å². The number of aryl methyl sites for hydroxylation is 1. The molecule has 0 atom stereocenters. The molecule has 0 aliphatic carbocycles. The molecule has 0 amide bonds. The van der Waals surface area contributed by atoms with Crippen molar-refractivity contribution in [1.82, 2.24) is 15.5 Å². The molecule has 0 bridgehead atoms. The van der Waals surface area contributed by atoms with Gasteiger partial charge in [-0.25, -0.2) is 0 Å². The molecule has 0 aliphatic heterocycles. The molecule has 0 fully saturated rings. The summed E-state index contributed by atoms with van der Waals surface area (Å²) in [6.07, 6.45) is 0.952. The number of nitrogens with zero attached hydrogens (tertiary/aromatic N) is 2. The Bertz CT molecular complexity index is 465. The van der Waals surface area contributed by atoms with E-state index in [2.05, 4.69) is 21.5 Å². The minimum atomic E-state index is 0.601. The van der Waals surface area contributed by atoms with Crippen LogP contribution in [0.4, 0.5) is 0 Å². The highest BCUT2D eigenvalue weighted by Gasteiger charge is 2.10. The highest BCUT2D eigenvalue weighted by Crippen LogP contribution is 2.21. The molecule has 0 unspecified atom stereocenters. The molecule has 1 aromatic heterocycles. The second-order valence-electron chi connectivity index (χ2n) is 3.66. The van der Waals surface area contributed by atoms with Gasteiger partial charge in [-0.05, 0) is 38.6 Å². The minimum absolute atomic E-state index is 0.601. The topological polar surface area (TPSA) is 51.0 Å². The molecule has 0 saturated carbocycles. The van der Waals surface area contributed by atoms with Crippen LogP contribution in [0, 0.1) is 6.92 Å². The first kappa shape index (κ1) is 10.8. The number of hydrogen-bond acceptors (Lipinski definition) is 4. The van der Waals surface area contributed by atoms with Gasteiger partial charge >= 0.3 is 0 Å². The number of hydrogen-bond donors (Lipinski definition) is 1. The summed E-state index contributed by atoms with van der Waals surface area (Å²) in [4.78, 5) is 4.25. The fourth-order valence-corrected chi connectivity index (χ4v) is 1.61. The molecule has 4 heteroatoms. The maximum absolute atomic E-state index is 5.19. The zero-order chi connectivity index (χ0) is 11.4. The summed E-state index contributed by atoms with van der Waals surface area (Å²) in [5.74, 6) is 1.27. The molecule has 0 radical (unpaired) electrons. The molecule has 1 heterocycles. The second-order valence-corrected chi connectivity index (χ2v) is 3.66. The number of aromatic nitrogens is 2. The lowest BCUT2D eigenvalue weighted by Crippen LogP contribution is -2.10. The second kappa shape index (κ2) is 4.90. The summed E-state index contributed by atoms with van der Waals surface area (Å²) in [6.45, 7) is 2.76. The molecule has 1 aromatic carbocycles. The van der Waals surface area contributed by atoms with Crippen LogP contribution in [0.25, 0.3) is 11.5 Å². The van der Waals surface area contributed by atoms with Crippen molar-refractivity contribution in [2.75, 3.05) is 13.6 Å². The lowest BCUT2D eigenvalue weighted by molar-refractivity contribution is 0.425. The first-order valence-electron chi connectivity index (χ1n) is 5.34. The zero-order valence-corrected chi connectivity index (χ0v) is 9.53. The maximum Gasteiger partial charge on any atom is 0.258 e. The van der Waals surface area contributed by atoms with Crippen LogP contribution in [0.1, 0.15) is 11.4 Å². The first-order valence-corrected chi connectivity index (χ1v) is 5.34. The third-order valence-corrected chi connectivity index (χ3v) is 2.42. The van der Waals surface area contributed by atoms with Gasteiger partial charge in [0.05, 0.1) is 0 Å². The Morgan fingerprint density at radius 3 is 2.81 bits per heavy atom. The zero-order valence-electron chi connectivity index (χ0n) is 9.53. The van der Waals surface area contributed by atoms with Crippen molar-refractivity contribution in [3.05, 3.63) is 35.7 Å². The van der Waals surface area contributed by atoms with Gasteiger partial charge in [0, 0.05) is 5.56 Å². The van der Waals surface area contributed by atoms with Crippen LogP contribution in [-0.2, 0) is 6.42 Å². The Morgan fingerprint density at radius 2 is 2.12 bits per heavy atom. The monoisotopic (exact) mass is 217 g/mol. The van der Waals surface area contributed by atoms with E-state index in [1.165, 1.54) is 5.56 Å². The van der Waals surface area contributed by atoms with Gasteiger partial charge in [-0.15, -0.1) is 0 Å². The summed E-state index contributed by atoms with van der Waals surface area (Å²) in [6, 6.07) is 8.11. The van der Waals surface area contributed by atoms with Crippen LogP contribution >= 0.6 is 0 Å². The Labute approximate surface area is 94.7 Å². The molecule has 2 aromatic rings. The van der Waals surface area contributed by atoms with Crippen molar-refractivity contribution in [2.24, 2.45) is 0 Å². The number of likely N-dealkylation sites (N-methyl/N-ethyl adjacent to an activating group) is 1. The SMILES string of the molecule is CNCCc1ccccc1-c1nc(C)no1. The largest absolute Gasteiger partial charge is 0.334 e. The van der Waals surface area contributed by atoms with E-state index in [-0.39, 0.29) is 0 Å². The van der Waals surface area contributed by atoms with Crippen LogP contribution in [0.3, 0.4) is 0 Å². The highest BCUT2D eigenvalue weighted by molar-refractivity contribution is 5.58. The van der Waals surface area contributed by atoms with Crippen LogP contribution in [-0.4, -0.2) is 23.7 Å². The number of benzene rings is 1. The fraction of sp³-hybridized carbons (Fsp3) is 0.333. The summed E-state index contributed by atoms with van der Waals surface area (Å²) >= 11 is 0. The van der Waals surface area contributed by atoms with Crippen molar-refractivity contribution in [3.63, 3.8) is 0 Å². The van der Waals surface area contributed by atoms with Gasteiger partial charge < -0.3 is 9.84 Å². The fourth-order valence-electron chi connectivity index (χ4n) is 1.61. The third-order valence-electron chi connectivity index (χ3n) is 2.42. The van der Waals surface area contributed by atoms with E-state index in [4.69, 9.17) is 4.52 Å². The van der Waals surface area contributed by atoms with E-state index in [1.807, 2.05) is 32.2 Å². The van der Waals surface area contributed by atoms with Crippen molar-refractivity contribution >= 4 is 0 Å². The predicted molar refractivity (Wildman–Crippen MR) is 62.1 cm³/mol. The van der Waals surface area contributed by atoms with E-state index in [0.717, 1.165) is 18.5 Å². The van der Waals surface area contributed by atoms with Crippen molar-refractivity contribution in [2.45, 2.75) is 13.3 Å². The third kappa shape index (κ3) is 2.28. The standard InChI is InChI=1S/C12H15N3O/c1-9-14-12(16-15-9)11-6-4-3-5-10(11)7-8-13-2/h3-6,13H,7-8H2,1-2H3. The van der Waals surface area contributed by atoms with E-state index in [9.17, 15) is 0 Å². The van der Waals surface area contributed by atoms with Crippen LogP contribution in [0.2, 0.25) is 0 Å². The Balaban J connectivity index is 2.32. The minimum Gasteiger partial charge on any atom is -0.334 e. The van der Waals surface area contributed by atoms with Gasteiger partial charge in [0.25, 0.3) is 5.89 Å². The molecule has 4 nitrogen and oxygen atoms in total. The summed E-state index contributed by atoms with van der Waals surface area (Å²) in [5.41, 5.74) is 2.25. The molecule has 0 saturated heterocycles. The first-order chi connectivity index (χ1) is 7.81. The van der Waals surface area contributed by atoms with Gasteiger partial charge in [0.1, 0.15) is 0 Å². The summed E-state index contributed by atoms with van der Waals surface area (Å²) in [5, 5.41) is 6.95. The molecule has 84 valence electrons. The molecular formula is C12H15N3O. The highest BCUT2D eigenvalue weighted by atomic mass is 16.5. The molecule has 2 rings (SSSR count). The smallest absolute Gasteiger partial charge is 0.258 e. The predicted octanol–water partition coefficient (Wildman–Crippen LogP) is 1.81. The maximum atomic E-state index is 5.19. The molecule has 1 N–H and O–H groups in total. The van der Waals surface area contributed by atoms with Crippen LogP contribution in [0.5, 0.6) is 0 Å². The number of nitrogens with one attached hydrogen (secondary N) is 1. The van der Waals surface area contributed by atoms with Crippen molar-refractivity contribution in [1.29, 1.82) is 0 Å². The summed E-state index contributed by atoms with van der Waals surface area (Å²) in [7, 11) is 1.94. The Kier molecular flexibility index (Phi) is 3.31. The normalized spacial score (nSPS) is 10.6. The molecule has 0 aliphatic rings. The summed E-state index contributed by atoms with van der Waals surface area (Å²) < 4.78 is 5.19. The quantitative estimate of drug-likeness (QED) is 0.848. The Morgan fingerprint density at radius 1 is 1.31 bits per heavy atom. The number of rotatable bonds is 4. The van der Waals surface area contributed by atoms with Crippen molar-refractivity contribution in [3.8, 4) is 11.5 Å². The lowest BCUT2D eigenvalue weighted by atomic mass is 10.0.